The molecule has 84 valence electrons. The van der Waals surface area contributed by atoms with Gasteiger partial charge < -0.3 is 5.11 Å². The van der Waals surface area contributed by atoms with Gasteiger partial charge in [-0.2, -0.15) is 0 Å². The Kier molecular flexibility index (Phi) is 2.82. The molecule has 0 amide bonds. The second-order valence-corrected chi connectivity index (χ2v) is 6.65. The molecule has 0 fully saturated rings. The van der Waals surface area contributed by atoms with Crippen LogP contribution in [0.2, 0.25) is 0 Å². The Balaban J connectivity index is 2.71. The highest BCUT2D eigenvalue weighted by Crippen LogP contribution is 2.71. The molecule has 15 heavy (non-hydrogen) atoms. The molecule has 1 N–H and O–H groups in total. The lowest BCUT2D eigenvalue weighted by Crippen LogP contribution is -2.45. The molecule has 0 radical (unpaired) electrons. The van der Waals surface area contributed by atoms with Crippen molar-refractivity contribution in [2.45, 2.75) is 14.1 Å². The Hall–Kier alpha value is 1.18. The number of halogens is 6. The van der Waals surface area contributed by atoms with Crippen LogP contribution in [0.25, 0.3) is 0 Å². The molecule has 0 saturated carbocycles. The maximum atomic E-state index is 9.15. The molecule has 0 aliphatic heterocycles. The zero-order valence-corrected chi connectivity index (χ0v) is 11.5. The van der Waals surface area contributed by atoms with Crippen molar-refractivity contribution < 1.29 is 5.11 Å². The van der Waals surface area contributed by atoms with Gasteiger partial charge in [0, 0.05) is 0 Å². The molecule has 2 aliphatic rings. The number of rotatable bonds is 1. The van der Waals surface area contributed by atoms with E-state index in [-0.39, 0.29) is 16.7 Å². The summed E-state index contributed by atoms with van der Waals surface area (Å²) in [6.07, 6.45) is 1.45. The minimum Gasteiger partial charge on any atom is -0.392 e. The van der Waals surface area contributed by atoms with Crippen LogP contribution in [0.3, 0.4) is 0 Å². The van der Waals surface area contributed by atoms with E-state index in [1.54, 1.807) is 0 Å². The van der Waals surface area contributed by atoms with Crippen LogP contribution >= 0.6 is 69.6 Å². The van der Waals surface area contributed by atoms with E-state index in [9.17, 15) is 0 Å². The average molecular weight is 329 g/mol. The smallest absolute Gasteiger partial charge is 0.173 e. The summed E-state index contributed by atoms with van der Waals surface area (Å²) in [5.41, 5.74) is 0.360. The van der Waals surface area contributed by atoms with E-state index >= 15 is 0 Å². The number of hydrogen-bond donors (Lipinski definition) is 1. The van der Waals surface area contributed by atoms with Crippen LogP contribution in [0, 0.1) is 0 Å². The van der Waals surface area contributed by atoms with Gasteiger partial charge in [-0.25, -0.2) is 0 Å². The quantitative estimate of drug-likeness (QED) is 0.574. The fourth-order valence-corrected chi connectivity index (χ4v) is 4.37. The SMILES string of the molecule is OCC1=C[C@@]2(Cl)C(Cl)=C(Cl)[C@]1(Cl)C2(Cl)Cl. The lowest BCUT2D eigenvalue weighted by atomic mass is 10.0. The highest BCUT2D eigenvalue weighted by atomic mass is 35.5. The van der Waals surface area contributed by atoms with E-state index in [1.165, 1.54) is 6.08 Å². The Morgan fingerprint density at radius 1 is 1.07 bits per heavy atom. The zero-order valence-electron chi connectivity index (χ0n) is 7.00. The van der Waals surface area contributed by atoms with Crippen molar-refractivity contribution in [1.82, 2.24) is 0 Å². The number of hydrogen-bond acceptors (Lipinski definition) is 1. The van der Waals surface area contributed by atoms with E-state index in [2.05, 4.69) is 0 Å². The van der Waals surface area contributed by atoms with Gasteiger partial charge in [-0.1, -0.05) is 52.5 Å². The average Bonchev–Trinajstić information content (AvgIpc) is 2.39. The van der Waals surface area contributed by atoms with Crippen molar-refractivity contribution >= 4 is 69.6 Å². The Labute approximate surface area is 117 Å². The predicted molar refractivity (Wildman–Crippen MR) is 65.5 cm³/mol. The summed E-state index contributed by atoms with van der Waals surface area (Å²) in [6, 6.07) is 0. The van der Waals surface area contributed by atoms with Crippen LogP contribution < -0.4 is 0 Å². The van der Waals surface area contributed by atoms with Gasteiger partial charge in [-0.15, -0.1) is 23.2 Å². The highest BCUT2D eigenvalue weighted by Gasteiger charge is 2.74. The van der Waals surface area contributed by atoms with Crippen LogP contribution in [0.15, 0.2) is 21.7 Å². The maximum absolute atomic E-state index is 9.15. The normalized spacial score (nSPS) is 42.5. The summed E-state index contributed by atoms with van der Waals surface area (Å²) in [5.74, 6) is 0. The van der Waals surface area contributed by atoms with Crippen molar-refractivity contribution in [3.63, 3.8) is 0 Å². The van der Waals surface area contributed by atoms with Crippen LogP contribution in [0.1, 0.15) is 0 Å². The summed E-state index contributed by atoms with van der Waals surface area (Å²) < 4.78 is -1.60. The number of alkyl halides is 4. The molecule has 0 saturated heterocycles. The van der Waals surface area contributed by atoms with E-state index < -0.39 is 14.1 Å². The number of fused-ring (bicyclic) bond motifs is 2. The molecule has 2 rings (SSSR count). The first-order valence-electron chi connectivity index (χ1n) is 3.88. The highest BCUT2D eigenvalue weighted by molar-refractivity contribution is 6.66. The van der Waals surface area contributed by atoms with Gasteiger partial charge >= 0.3 is 0 Å². The number of allylic oxidation sites excluding steroid dienone is 3. The molecule has 0 aromatic carbocycles. The van der Waals surface area contributed by atoms with E-state index in [4.69, 9.17) is 74.7 Å². The van der Waals surface area contributed by atoms with Gasteiger partial charge in [0.05, 0.1) is 16.7 Å². The van der Waals surface area contributed by atoms with E-state index in [0.717, 1.165) is 0 Å². The summed E-state index contributed by atoms with van der Waals surface area (Å²) >= 11 is 36.5. The molecule has 0 spiro atoms. The van der Waals surface area contributed by atoms with Gasteiger partial charge in [-0.05, 0) is 5.57 Å². The van der Waals surface area contributed by atoms with Crippen molar-refractivity contribution in [3.05, 3.63) is 21.7 Å². The first-order chi connectivity index (χ1) is 6.73. The zero-order chi connectivity index (χ0) is 11.6. The second kappa shape index (κ2) is 3.35. The largest absolute Gasteiger partial charge is 0.392 e. The molecule has 2 bridgehead atoms. The molecule has 0 aromatic rings. The van der Waals surface area contributed by atoms with Gasteiger partial charge in [0.1, 0.15) is 9.75 Å². The van der Waals surface area contributed by atoms with Gasteiger partial charge in [0.25, 0.3) is 0 Å². The third-order valence-electron chi connectivity index (χ3n) is 2.69. The standard InChI is InChI=1S/C8H4Cl6O/c9-4-5(10)7(12)3(2-15)1-6(4,11)8(7,13)14/h1,15H,2H2/t6-,7+/m1/s1. The first-order valence-corrected chi connectivity index (χ1v) is 6.15. The molecule has 1 nitrogen and oxygen atoms in total. The van der Waals surface area contributed by atoms with Crippen molar-refractivity contribution in [2.24, 2.45) is 0 Å². The van der Waals surface area contributed by atoms with Crippen LogP contribution in [-0.4, -0.2) is 25.8 Å². The summed E-state index contributed by atoms with van der Waals surface area (Å²) in [5, 5.41) is 9.32. The summed E-state index contributed by atoms with van der Waals surface area (Å²) in [4.78, 5) is -2.81. The second-order valence-electron chi connectivity index (χ2n) is 3.40. The molecule has 0 heterocycles. The fraction of sp³-hybridized carbons (Fsp3) is 0.500. The van der Waals surface area contributed by atoms with Crippen LogP contribution in [0.4, 0.5) is 0 Å². The first kappa shape index (κ1) is 12.6. The van der Waals surface area contributed by atoms with E-state index in [0.29, 0.717) is 5.57 Å². The molecular formula is C8H4Cl6O. The van der Waals surface area contributed by atoms with Crippen molar-refractivity contribution in [1.29, 1.82) is 0 Å². The third kappa shape index (κ3) is 1.14. The Morgan fingerprint density at radius 3 is 1.93 bits per heavy atom. The lowest BCUT2D eigenvalue weighted by Gasteiger charge is -2.32. The monoisotopic (exact) mass is 326 g/mol. The van der Waals surface area contributed by atoms with Crippen molar-refractivity contribution in [2.75, 3.05) is 6.61 Å². The van der Waals surface area contributed by atoms with E-state index in [1.807, 2.05) is 0 Å². The van der Waals surface area contributed by atoms with Gasteiger partial charge in [0.2, 0.25) is 0 Å². The number of aliphatic hydroxyl groups is 1. The van der Waals surface area contributed by atoms with Crippen LogP contribution in [0.5, 0.6) is 0 Å². The molecule has 0 unspecified atom stereocenters. The minimum atomic E-state index is -1.60. The third-order valence-corrected chi connectivity index (χ3v) is 6.79. The summed E-state index contributed by atoms with van der Waals surface area (Å²) in [6.45, 7) is -0.334. The maximum Gasteiger partial charge on any atom is 0.173 e. The lowest BCUT2D eigenvalue weighted by molar-refractivity contribution is 0.323. The Morgan fingerprint density at radius 2 is 1.60 bits per heavy atom. The van der Waals surface area contributed by atoms with Gasteiger partial charge in [0.15, 0.2) is 4.33 Å². The van der Waals surface area contributed by atoms with Crippen LogP contribution in [-0.2, 0) is 0 Å². The molecule has 7 heteroatoms. The molecule has 2 aliphatic carbocycles. The number of aliphatic hydroxyl groups excluding tert-OH is 1. The van der Waals surface area contributed by atoms with Gasteiger partial charge in [-0.3, -0.25) is 0 Å². The minimum absolute atomic E-state index is 0.0670. The molecule has 2 atom stereocenters. The predicted octanol–water partition coefficient (Wildman–Crippen LogP) is 3.75. The fourth-order valence-electron chi connectivity index (χ4n) is 1.83. The topological polar surface area (TPSA) is 20.2 Å². The Bertz CT molecular complexity index is 400. The molecular weight excluding hydrogens is 325 g/mol. The summed E-state index contributed by atoms with van der Waals surface area (Å²) in [7, 11) is 0. The molecule has 0 aromatic heterocycles. The van der Waals surface area contributed by atoms with Crippen molar-refractivity contribution in [3.8, 4) is 0 Å².